The molecular weight excluding hydrogens is 415 g/mol. The summed E-state index contributed by atoms with van der Waals surface area (Å²) in [5.74, 6) is -6.17. The van der Waals surface area contributed by atoms with Gasteiger partial charge in [-0.15, -0.1) is 0 Å². The molecule has 2 heterocycles. The molecule has 0 unspecified atom stereocenters. The van der Waals surface area contributed by atoms with E-state index in [9.17, 15) is 32.7 Å². The van der Waals surface area contributed by atoms with Crippen molar-refractivity contribution in [2.45, 2.75) is 13.0 Å². The van der Waals surface area contributed by atoms with Crippen LogP contribution in [0.2, 0.25) is 0 Å². The molecule has 2 aromatic carbocycles. The SMILES string of the molecule is NC(=O)c1cccc2c1c1c(n2Cc2cc(F)c(F)cc2F)C(CC(=O)O)=NCC1=O. The van der Waals surface area contributed by atoms with Crippen LogP contribution in [0.5, 0.6) is 0 Å². The number of nitrogens with two attached hydrogens (primary N) is 1. The normalized spacial score (nSPS) is 13.3. The number of ketones is 1. The fraction of sp³-hybridized carbons (Fsp3) is 0.143. The summed E-state index contributed by atoms with van der Waals surface area (Å²) in [5, 5.41) is 9.44. The van der Waals surface area contributed by atoms with Crippen molar-refractivity contribution in [3.63, 3.8) is 0 Å². The Morgan fingerprint density at radius 1 is 1.13 bits per heavy atom. The predicted octanol–water partition coefficient (Wildman–Crippen LogP) is 2.67. The number of carbonyl (C=O) groups excluding carboxylic acids is 2. The van der Waals surface area contributed by atoms with E-state index in [0.717, 1.165) is 0 Å². The number of carboxylic acid groups (broad SMARTS) is 1. The van der Waals surface area contributed by atoms with E-state index in [-0.39, 0.29) is 52.1 Å². The number of primary amides is 1. The quantitative estimate of drug-likeness (QED) is 0.607. The number of aromatic nitrogens is 1. The molecule has 0 fully saturated rings. The van der Waals surface area contributed by atoms with Crippen LogP contribution in [0.1, 0.15) is 38.4 Å². The van der Waals surface area contributed by atoms with E-state index in [0.29, 0.717) is 12.1 Å². The number of nitrogens with zero attached hydrogens (tertiary/aromatic N) is 2. The third-order valence-electron chi connectivity index (χ3n) is 5.06. The first-order chi connectivity index (χ1) is 14.7. The van der Waals surface area contributed by atoms with Crippen molar-refractivity contribution in [3.05, 3.63) is 70.2 Å². The molecule has 158 valence electrons. The van der Waals surface area contributed by atoms with E-state index in [1.165, 1.54) is 22.8 Å². The second kappa shape index (κ2) is 7.38. The maximum atomic E-state index is 14.4. The Bertz CT molecular complexity index is 1330. The summed E-state index contributed by atoms with van der Waals surface area (Å²) in [6.45, 7) is -0.704. The largest absolute Gasteiger partial charge is 0.481 e. The van der Waals surface area contributed by atoms with E-state index in [4.69, 9.17) is 5.73 Å². The number of amides is 1. The average molecular weight is 429 g/mol. The van der Waals surface area contributed by atoms with Gasteiger partial charge in [0, 0.05) is 22.6 Å². The van der Waals surface area contributed by atoms with E-state index in [1.54, 1.807) is 0 Å². The highest BCUT2D eigenvalue weighted by atomic mass is 19.2. The molecule has 3 N–H and O–H groups in total. The first-order valence-corrected chi connectivity index (χ1v) is 9.06. The Labute approximate surface area is 172 Å². The lowest BCUT2D eigenvalue weighted by molar-refractivity contribution is -0.135. The third-order valence-corrected chi connectivity index (χ3v) is 5.06. The summed E-state index contributed by atoms with van der Waals surface area (Å²) in [7, 11) is 0. The number of rotatable bonds is 5. The highest BCUT2D eigenvalue weighted by Crippen LogP contribution is 2.34. The molecular formula is C21H14F3N3O4. The molecule has 1 aromatic heterocycles. The third kappa shape index (κ3) is 3.35. The van der Waals surface area contributed by atoms with Crippen LogP contribution >= 0.6 is 0 Å². The number of aliphatic imine (C=N–C) groups is 1. The predicted molar refractivity (Wildman–Crippen MR) is 104 cm³/mol. The molecule has 7 nitrogen and oxygen atoms in total. The fourth-order valence-corrected chi connectivity index (χ4v) is 3.80. The number of aliphatic carboxylic acids is 1. The van der Waals surface area contributed by atoms with Crippen LogP contribution in [0, 0.1) is 17.5 Å². The number of hydrogen-bond acceptors (Lipinski definition) is 4. The summed E-state index contributed by atoms with van der Waals surface area (Å²) in [6.07, 6.45) is -0.539. The summed E-state index contributed by atoms with van der Waals surface area (Å²) in [5.41, 5.74) is 5.67. The number of Topliss-reactive ketones (excluding diaryl/α,β-unsaturated/α-hetero) is 1. The topological polar surface area (TPSA) is 115 Å². The van der Waals surface area contributed by atoms with Crippen molar-refractivity contribution in [2.75, 3.05) is 6.54 Å². The van der Waals surface area contributed by atoms with Crippen LogP contribution in [0.25, 0.3) is 10.9 Å². The summed E-state index contributed by atoms with van der Waals surface area (Å²) in [4.78, 5) is 40.1. The fourth-order valence-electron chi connectivity index (χ4n) is 3.80. The minimum absolute atomic E-state index is 0.0168. The molecule has 3 aromatic rings. The Balaban J connectivity index is 2.05. The molecule has 0 saturated carbocycles. The molecule has 31 heavy (non-hydrogen) atoms. The van der Waals surface area contributed by atoms with Gasteiger partial charge >= 0.3 is 5.97 Å². The van der Waals surface area contributed by atoms with Gasteiger partial charge in [0.2, 0.25) is 5.91 Å². The molecule has 0 radical (unpaired) electrons. The van der Waals surface area contributed by atoms with E-state index in [1.807, 2.05) is 0 Å². The van der Waals surface area contributed by atoms with Crippen LogP contribution in [0.4, 0.5) is 13.2 Å². The first-order valence-electron chi connectivity index (χ1n) is 9.06. The molecule has 0 aliphatic carbocycles. The van der Waals surface area contributed by atoms with Gasteiger partial charge in [-0.1, -0.05) is 6.07 Å². The molecule has 10 heteroatoms. The van der Waals surface area contributed by atoms with E-state index < -0.39 is 41.5 Å². The van der Waals surface area contributed by atoms with Crippen molar-refractivity contribution in [3.8, 4) is 0 Å². The molecule has 1 aliphatic heterocycles. The van der Waals surface area contributed by atoms with Crippen molar-refractivity contribution >= 4 is 34.3 Å². The minimum Gasteiger partial charge on any atom is -0.481 e. The lowest BCUT2D eigenvalue weighted by atomic mass is 9.96. The lowest BCUT2D eigenvalue weighted by Gasteiger charge is -2.17. The second-order valence-electron chi connectivity index (χ2n) is 6.99. The Morgan fingerprint density at radius 2 is 1.84 bits per heavy atom. The lowest BCUT2D eigenvalue weighted by Crippen LogP contribution is -2.24. The van der Waals surface area contributed by atoms with Crippen molar-refractivity contribution in [2.24, 2.45) is 10.7 Å². The van der Waals surface area contributed by atoms with Gasteiger partial charge in [0.25, 0.3) is 0 Å². The van der Waals surface area contributed by atoms with Gasteiger partial charge < -0.3 is 15.4 Å². The molecule has 0 atom stereocenters. The monoisotopic (exact) mass is 429 g/mol. The van der Waals surface area contributed by atoms with Gasteiger partial charge in [-0.3, -0.25) is 19.4 Å². The maximum absolute atomic E-state index is 14.4. The van der Waals surface area contributed by atoms with Gasteiger partial charge in [0.15, 0.2) is 17.4 Å². The molecule has 0 spiro atoms. The highest BCUT2D eigenvalue weighted by Gasteiger charge is 2.32. The number of fused-ring (bicyclic) bond motifs is 3. The molecule has 4 rings (SSSR count). The Morgan fingerprint density at radius 3 is 2.52 bits per heavy atom. The zero-order valence-electron chi connectivity index (χ0n) is 15.8. The molecule has 1 amide bonds. The van der Waals surface area contributed by atoms with Gasteiger partial charge in [-0.2, -0.15) is 0 Å². The van der Waals surface area contributed by atoms with Crippen LogP contribution in [-0.4, -0.2) is 39.6 Å². The van der Waals surface area contributed by atoms with Crippen LogP contribution in [-0.2, 0) is 11.3 Å². The number of carbonyl (C=O) groups is 3. The smallest absolute Gasteiger partial charge is 0.309 e. The van der Waals surface area contributed by atoms with Gasteiger partial charge in [0.1, 0.15) is 12.4 Å². The summed E-state index contributed by atoms with van der Waals surface area (Å²) >= 11 is 0. The van der Waals surface area contributed by atoms with Crippen molar-refractivity contribution in [1.82, 2.24) is 4.57 Å². The maximum Gasteiger partial charge on any atom is 0.309 e. The van der Waals surface area contributed by atoms with Crippen LogP contribution in [0.3, 0.4) is 0 Å². The van der Waals surface area contributed by atoms with Gasteiger partial charge in [-0.25, -0.2) is 13.2 Å². The number of halogens is 3. The van der Waals surface area contributed by atoms with Crippen LogP contribution < -0.4 is 5.73 Å². The van der Waals surface area contributed by atoms with Gasteiger partial charge in [0.05, 0.1) is 35.5 Å². The van der Waals surface area contributed by atoms with E-state index in [2.05, 4.69) is 4.99 Å². The minimum atomic E-state index is -1.36. The summed E-state index contributed by atoms with van der Waals surface area (Å²) < 4.78 is 42.8. The zero-order chi connectivity index (χ0) is 22.4. The van der Waals surface area contributed by atoms with E-state index >= 15 is 0 Å². The second-order valence-corrected chi connectivity index (χ2v) is 6.99. The molecule has 0 bridgehead atoms. The Hall–Kier alpha value is -3.95. The Kier molecular flexibility index (Phi) is 4.84. The standard InChI is InChI=1S/C21H14F3N3O4/c22-11-5-13(24)12(23)4-9(11)8-27-15-3-1-2-10(21(25)31)18(15)19-16(28)7-26-14(20(19)27)6-17(29)30/h1-5H,6-8H2,(H2,25,31)(H,29,30). The van der Waals surface area contributed by atoms with Gasteiger partial charge in [-0.05, 0) is 18.2 Å². The van der Waals surface area contributed by atoms with Crippen molar-refractivity contribution < 1.29 is 32.7 Å². The first kappa shape index (κ1) is 20.3. The average Bonchev–Trinajstić information content (AvgIpc) is 3.03. The highest BCUT2D eigenvalue weighted by molar-refractivity contribution is 6.26. The molecule has 0 saturated heterocycles. The zero-order valence-corrected chi connectivity index (χ0v) is 15.8. The molecule has 1 aliphatic rings. The number of benzene rings is 2. The van der Waals surface area contributed by atoms with Crippen molar-refractivity contribution in [1.29, 1.82) is 0 Å². The van der Waals surface area contributed by atoms with Crippen LogP contribution in [0.15, 0.2) is 35.3 Å². The summed E-state index contributed by atoms with van der Waals surface area (Å²) in [6, 6.07) is 5.51. The number of carboxylic acids is 1. The number of hydrogen-bond donors (Lipinski definition) is 2.